The van der Waals surface area contributed by atoms with Gasteiger partial charge >= 0.3 is 0 Å². The molecule has 0 radical (unpaired) electrons. The molecular weight excluding hydrogens is 324 g/mol. The molecule has 0 fully saturated rings. The van der Waals surface area contributed by atoms with Crippen LogP contribution >= 0.6 is 11.6 Å². The molecule has 1 aromatic rings. The third-order valence-electron chi connectivity index (χ3n) is 4.30. The molecule has 122 valence electrons. The largest absolute Gasteiger partial charge is 0.507 e. The van der Waals surface area contributed by atoms with Gasteiger partial charge in [0.25, 0.3) is 0 Å². The highest BCUT2D eigenvalue weighted by atomic mass is 35.5. The van der Waals surface area contributed by atoms with Gasteiger partial charge in [-0.05, 0) is 0 Å². The first-order chi connectivity index (χ1) is 10.9. The number of carbonyl (C=O) groups is 2. The zero-order chi connectivity index (χ0) is 16.9. The second-order valence-corrected chi connectivity index (χ2v) is 5.95. The molecule has 1 aliphatic carbocycles. The Kier molecular flexibility index (Phi) is 3.52. The van der Waals surface area contributed by atoms with Gasteiger partial charge in [0.1, 0.15) is 27.8 Å². The monoisotopic (exact) mass is 338 g/mol. The van der Waals surface area contributed by atoms with Gasteiger partial charge in [0.05, 0.1) is 14.2 Å². The van der Waals surface area contributed by atoms with E-state index in [0.717, 1.165) is 6.08 Å². The van der Waals surface area contributed by atoms with E-state index >= 15 is 0 Å². The van der Waals surface area contributed by atoms with E-state index in [0.29, 0.717) is 0 Å². The highest BCUT2D eigenvalue weighted by Crippen LogP contribution is 2.53. The molecule has 1 N–H and O–H groups in total. The summed E-state index contributed by atoms with van der Waals surface area (Å²) in [6.45, 7) is 1.67. The standard InChI is InChI=1S/C16H15ClO6/c1-7-4-8(18)5-11(19)16(7)15(20)12-9(21-2)6-10(22-3)13(17)14(12)23-16/h5-7,19H,4H2,1-3H3/t7-,16-/m0/s1. The van der Waals surface area contributed by atoms with Crippen molar-refractivity contribution in [2.75, 3.05) is 14.2 Å². The third-order valence-corrected chi connectivity index (χ3v) is 4.66. The summed E-state index contributed by atoms with van der Waals surface area (Å²) >= 11 is 6.25. The molecule has 2 aliphatic rings. The first-order valence-electron chi connectivity index (χ1n) is 6.99. The molecule has 1 spiro atoms. The summed E-state index contributed by atoms with van der Waals surface area (Å²) in [4.78, 5) is 24.6. The van der Waals surface area contributed by atoms with Crippen LogP contribution in [0.1, 0.15) is 23.7 Å². The summed E-state index contributed by atoms with van der Waals surface area (Å²) in [5.41, 5.74) is -1.51. The van der Waals surface area contributed by atoms with Crippen LogP contribution in [-0.2, 0) is 4.79 Å². The minimum atomic E-state index is -1.65. The quantitative estimate of drug-likeness (QED) is 0.892. The van der Waals surface area contributed by atoms with E-state index < -0.39 is 23.1 Å². The van der Waals surface area contributed by atoms with Gasteiger partial charge in [-0.25, -0.2) is 0 Å². The van der Waals surface area contributed by atoms with Gasteiger partial charge in [-0.15, -0.1) is 0 Å². The number of fused-ring (bicyclic) bond motifs is 1. The van der Waals surface area contributed by atoms with Crippen LogP contribution in [0.25, 0.3) is 0 Å². The summed E-state index contributed by atoms with van der Waals surface area (Å²) in [6.07, 6.45) is 1.11. The van der Waals surface area contributed by atoms with Crippen LogP contribution < -0.4 is 14.2 Å². The zero-order valence-electron chi connectivity index (χ0n) is 12.8. The number of rotatable bonds is 2. The number of ketones is 2. The molecule has 0 saturated heterocycles. The fourth-order valence-corrected chi connectivity index (χ4v) is 3.38. The second-order valence-electron chi connectivity index (χ2n) is 5.57. The van der Waals surface area contributed by atoms with E-state index in [1.54, 1.807) is 6.92 Å². The van der Waals surface area contributed by atoms with Gasteiger partial charge < -0.3 is 19.3 Å². The smallest absolute Gasteiger partial charge is 0.230 e. The Hall–Kier alpha value is -2.21. The SMILES string of the molecule is COc1cc(OC)c2c(c1Cl)O[C@]1(C2=O)C(O)=CC(=O)C[C@@H]1C. The maximum atomic E-state index is 13.0. The number of hydrogen-bond acceptors (Lipinski definition) is 6. The number of hydrogen-bond donors (Lipinski definition) is 1. The van der Waals surface area contributed by atoms with Crippen LogP contribution in [0.2, 0.25) is 5.02 Å². The third kappa shape index (κ3) is 1.94. The normalized spacial score (nSPS) is 25.9. The summed E-state index contributed by atoms with van der Waals surface area (Å²) in [5, 5.41) is 10.4. The average molecular weight is 339 g/mol. The van der Waals surface area contributed by atoms with Crippen molar-refractivity contribution in [3.63, 3.8) is 0 Å². The molecule has 1 aliphatic heterocycles. The fraction of sp³-hybridized carbons (Fsp3) is 0.375. The molecule has 0 saturated carbocycles. The minimum absolute atomic E-state index is 0.0842. The number of ether oxygens (including phenoxy) is 3. The lowest BCUT2D eigenvalue weighted by atomic mass is 9.75. The predicted octanol–water partition coefficient (Wildman–Crippen LogP) is 2.72. The van der Waals surface area contributed by atoms with Crippen LogP contribution in [0.3, 0.4) is 0 Å². The molecule has 1 aromatic carbocycles. The number of methoxy groups -OCH3 is 2. The summed E-state index contributed by atoms with van der Waals surface area (Å²) in [5.74, 6) is -1.10. The molecule has 1 heterocycles. The van der Waals surface area contributed by atoms with Crippen molar-refractivity contribution in [1.29, 1.82) is 0 Å². The summed E-state index contributed by atoms with van der Waals surface area (Å²) in [7, 11) is 2.84. The van der Waals surface area contributed by atoms with Gasteiger partial charge in [-0.2, -0.15) is 0 Å². The number of aliphatic hydroxyl groups is 1. The first-order valence-corrected chi connectivity index (χ1v) is 7.36. The van der Waals surface area contributed by atoms with Gasteiger partial charge in [-0.1, -0.05) is 18.5 Å². The molecule has 23 heavy (non-hydrogen) atoms. The van der Waals surface area contributed by atoms with Crippen LogP contribution in [0, 0.1) is 5.92 Å². The van der Waals surface area contributed by atoms with Crippen LogP contribution in [0.15, 0.2) is 17.9 Å². The van der Waals surface area contributed by atoms with E-state index in [1.807, 2.05) is 0 Å². The molecule has 7 heteroatoms. The van der Waals surface area contributed by atoms with E-state index in [2.05, 4.69) is 0 Å². The number of allylic oxidation sites excluding steroid dienone is 1. The van der Waals surface area contributed by atoms with Crippen LogP contribution in [-0.4, -0.2) is 36.5 Å². The predicted molar refractivity (Wildman–Crippen MR) is 81.7 cm³/mol. The van der Waals surface area contributed by atoms with Crippen molar-refractivity contribution in [2.24, 2.45) is 5.92 Å². The average Bonchev–Trinajstić information content (AvgIpc) is 2.82. The van der Waals surface area contributed by atoms with Gasteiger partial charge in [0.2, 0.25) is 11.4 Å². The minimum Gasteiger partial charge on any atom is -0.507 e. The summed E-state index contributed by atoms with van der Waals surface area (Å²) < 4.78 is 16.2. The number of Topliss-reactive ketones (excluding diaryl/α,β-unsaturated/α-hetero) is 1. The van der Waals surface area contributed by atoms with Crippen molar-refractivity contribution in [2.45, 2.75) is 18.9 Å². The van der Waals surface area contributed by atoms with Crippen molar-refractivity contribution in [1.82, 2.24) is 0 Å². The maximum Gasteiger partial charge on any atom is 0.230 e. The Bertz CT molecular complexity index is 753. The number of carbonyl (C=O) groups excluding carboxylic acids is 2. The van der Waals surface area contributed by atoms with E-state index in [1.165, 1.54) is 20.3 Å². The zero-order valence-corrected chi connectivity index (χ0v) is 13.6. The Balaban J connectivity index is 2.25. The van der Waals surface area contributed by atoms with E-state index in [4.69, 9.17) is 25.8 Å². The van der Waals surface area contributed by atoms with Crippen molar-refractivity contribution >= 4 is 23.2 Å². The van der Waals surface area contributed by atoms with E-state index in [9.17, 15) is 14.7 Å². The highest BCUT2D eigenvalue weighted by molar-refractivity contribution is 6.35. The van der Waals surface area contributed by atoms with Crippen molar-refractivity contribution in [3.8, 4) is 17.2 Å². The Labute approximate surface area is 137 Å². The molecular formula is C16H15ClO6. The molecule has 2 atom stereocenters. The summed E-state index contributed by atoms with van der Waals surface area (Å²) in [6, 6.07) is 1.49. The molecule has 0 bridgehead atoms. The van der Waals surface area contributed by atoms with Gasteiger partial charge in [0.15, 0.2) is 11.5 Å². The molecule has 0 unspecified atom stereocenters. The topological polar surface area (TPSA) is 82.1 Å². The Morgan fingerprint density at radius 1 is 1.30 bits per heavy atom. The Morgan fingerprint density at radius 2 is 1.96 bits per heavy atom. The first kappa shape index (κ1) is 15.7. The lowest BCUT2D eigenvalue weighted by molar-refractivity contribution is -0.118. The van der Waals surface area contributed by atoms with Crippen LogP contribution in [0.4, 0.5) is 0 Å². The number of halogens is 1. The lowest BCUT2D eigenvalue weighted by Crippen LogP contribution is -2.51. The van der Waals surface area contributed by atoms with Crippen molar-refractivity contribution < 1.29 is 28.9 Å². The molecule has 0 amide bonds. The molecule has 3 rings (SSSR count). The van der Waals surface area contributed by atoms with Crippen LogP contribution in [0.5, 0.6) is 17.2 Å². The Morgan fingerprint density at radius 3 is 2.52 bits per heavy atom. The molecule has 0 aromatic heterocycles. The van der Waals surface area contributed by atoms with Crippen molar-refractivity contribution in [3.05, 3.63) is 28.5 Å². The maximum absolute atomic E-state index is 13.0. The van der Waals surface area contributed by atoms with Gasteiger partial charge in [-0.3, -0.25) is 9.59 Å². The number of benzene rings is 1. The van der Waals surface area contributed by atoms with Gasteiger partial charge in [0, 0.05) is 24.5 Å². The fourth-order valence-electron chi connectivity index (χ4n) is 3.11. The lowest BCUT2D eigenvalue weighted by Gasteiger charge is -2.34. The highest BCUT2D eigenvalue weighted by Gasteiger charge is 2.59. The molecule has 6 nitrogen and oxygen atoms in total. The second kappa shape index (κ2) is 5.16. The number of aliphatic hydroxyl groups excluding tert-OH is 1. The van der Waals surface area contributed by atoms with E-state index in [-0.39, 0.29) is 40.0 Å².